The lowest BCUT2D eigenvalue weighted by Gasteiger charge is -2.03. The molecule has 0 atom stereocenters. The summed E-state index contributed by atoms with van der Waals surface area (Å²) in [6, 6.07) is 0. The Morgan fingerprint density at radius 1 is 1.45 bits per heavy atom. The minimum absolute atomic E-state index is 0.345. The first kappa shape index (κ1) is 10.1. The quantitative estimate of drug-likeness (QED) is 0.385. The van der Waals surface area contributed by atoms with E-state index in [0.29, 0.717) is 10.9 Å². The molecule has 0 aromatic rings. The van der Waals surface area contributed by atoms with E-state index in [4.69, 9.17) is 4.74 Å². The van der Waals surface area contributed by atoms with Crippen molar-refractivity contribution in [3.8, 4) is 0 Å². The summed E-state index contributed by atoms with van der Waals surface area (Å²) in [6.07, 6.45) is 3.34. The van der Waals surface area contributed by atoms with Crippen LogP contribution < -0.4 is 0 Å². The Bertz CT molecular complexity index is 214. The Kier molecular flexibility index (Phi) is 4.46. The Morgan fingerprint density at radius 2 is 2.00 bits per heavy atom. The highest BCUT2D eigenvalue weighted by molar-refractivity contribution is 7.84. The van der Waals surface area contributed by atoms with E-state index in [0.717, 1.165) is 5.57 Å². The minimum atomic E-state index is 0.345. The summed E-state index contributed by atoms with van der Waals surface area (Å²) in [5.74, 6) is 0.609. The van der Waals surface area contributed by atoms with Gasteiger partial charge in [0.25, 0.3) is 0 Å². The highest BCUT2D eigenvalue weighted by atomic mass is 32.1. The molecule has 0 radical (unpaired) electrons. The Labute approximate surface area is 73.2 Å². The predicted octanol–water partition coefficient (Wildman–Crippen LogP) is 3.05. The van der Waals surface area contributed by atoms with Gasteiger partial charge in [0, 0.05) is 0 Å². The second-order valence-electron chi connectivity index (χ2n) is 2.09. The normalized spacial score (nSPS) is 10.5. The van der Waals surface area contributed by atoms with Crippen molar-refractivity contribution in [1.29, 1.82) is 0 Å². The predicted molar refractivity (Wildman–Crippen MR) is 52.3 cm³/mol. The summed E-state index contributed by atoms with van der Waals surface area (Å²) in [7, 11) is 0. The first-order valence-corrected chi connectivity index (χ1v) is 3.56. The number of hydrogen-bond acceptors (Lipinski definition) is 2. The molecule has 60 valence electrons. The Morgan fingerprint density at radius 3 is 2.27 bits per heavy atom. The van der Waals surface area contributed by atoms with Gasteiger partial charge in [0.15, 0.2) is 5.09 Å². The lowest BCUT2D eigenvalue weighted by molar-refractivity contribution is 0.357. The highest BCUT2D eigenvalue weighted by Gasteiger charge is 1.91. The van der Waals surface area contributed by atoms with Gasteiger partial charge in [0.1, 0.15) is 5.76 Å². The number of ether oxygens (including phenoxy) is 1. The maximum atomic E-state index is 5.06. The number of hydrogen-bond donors (Lipinski definition) is 1. The summed E-state index contributed by atoms with van der Waals surface area (Å²) in [5, 5.41) is 0.345. The van der Waals surface area contributed by atoms with E-state index in [1.54, 1.807) is 12.2 Å². The maximum absolute atomic E-state index is 5.06. The molecule has 0 aliphatic rings. The monoisotopic (exact) mass is 168 g/mol. The molecule has 0 aliphatic heterocycles. The van der Waals surface area contributed by atoms with Crippen LogP contribution in [0.4, 0.5) is 0 Å². The zero-order chi connectivity index (χ0) is 8.85. The van der Waals surface area contributed by atoms with Crippen molar-refractivity contribution in [3.63, 3.8) is 0 Å². The molecule has 0 heterocycles. The molecule has 0 spiro atoms. The fourth-order valence-corrected chi connectivity index (χ4v) is 0.614. The van der Waals surface area contributed by atoms with Crippen molar-refractivity contribution in [2.45, 2.75) is 6.92 Å². The van der Waals surface area contributed by atoms with E-state index in [-0.39, 0.29) is 0 Å². The smallest absolute Gasteiger partial charge is 0.150 e. The molecule has 0 amide bonds. The third-order valence-electron chi connectivity index (χ3n) is 0.826. The lowest BCUT2D eigenvalue weighted by Crippen LogP contribution is -1.83. The van der Waals surface area contributed by atoms with Gasteiger partial charge in [-0.05, 0) is 25.7 Å². The first-order chi connectivity index (χ1) is 5.06. The molecule has 0 saturated heterocycles. The van der Waals surface area contributed by atoms with Crippen molar-refractivity contribution in [2.24, 2.45) is 0 Å². The van der Waals surface area contributed by atoms with Crippen LogP contribution in [0.2, 0.25) is 0 Å². The van der Waals surface area contributed by atoms with Crippen LogP contribution in [0.1, 0.15) is 6.92 Å². The number of allylic oxidation sites excluding steroid dienone is 3. The van der Waals surface area contributed by atoms with E-state index in [1.807, 2.05) is 6.92 Å². The van der Waals surface area contributed by atoms with Crippen molar-refractivity contribution < 1.29 is 4.74 Å². The molecule has 0 fully saturated rings. The molecule has 0 N–H and O–H groups in total. The minimum Gasteiger partial charge on any atom is -0.451 e. The van der Waals surface area contributed by atoms with E-state index in [2.05, 4.69) is 32.4 Å². The van der Waals surface area contributed by atoms with Gasteiger partial charge in [-0.25, -0.2) is 0 Å². The summed E-state index contributed by atoms with van der Waals surface area (Å²) >= 11 is 3.88. The second-order valence-corrected chi connectivity index (χ2v) is 2.59. The summed E-state index contributed by atoms with van der Waals surface area (Å²) in [4.78, 5) is 0. The second kappa shape index (κ2) is 4.85. The molecule has 2 heteroatoms. The van der Waals surface area contributed by atoms with E-state index < -0.39 is 0 Å². The molecule has 11 heavy (non-hydrogen) atoms. The van der Waals surface area contributed by atoms with Gasteiger partial charge >= 0.3 is 0 Å². The fraction of sp³-hybridized carbons (Fsp3) is 0.111. The van der Waals surface area contributed by atoms with Crippen LogP contribution in [-0.2, 0) is 4.74 Å². The summed E-state index contributed by atoms with van der Waals surface area (Å²) < 4.78 is 5.06. The van der Waals surface area contributed by atoms with Crippen LogP contribution in [0.15, 0.2) is 48.3 Å². The van der Waals surface area contributed by atoms with Gasteiger partial charge in [-0.1, -0.05) is 18.7 Å². The van der Waals surface area contributed by atoms with Crippen LogP contribution >= 0.6 is 12.6 Å². The van der Waals surface area contributed by atoms with Crippen molar-refractivity contribution in [1.82, 2.24) is 0 Å². The van der Waals surface area contributed by atoms with Gasteiger partial charge < -0.3 is 4.74 Å². The van der Waals surface area contributed by atoms with Crippen molar-refractivity contribution >= 4 is 12.6 Å². The van der Waals surface area contributed by atoms with E-state index in [1.165, 1.54) is 0 Å². The molecule has 0 aliphatic carbocycles. The zero-order valence-corrected chi connectivity index (χ0v) is 7.53. The van der Waals surface area contributed by atoms with Crippen LogP contribution in [-0.4, -0.2) is 0 Å². The van der Waals surface area contributed by atoms with Crippen molar-refractivity contribution in [3.05, 3.63) is 48.3 Å². The summed E-state index contributed by atoms with van der Waals surface area (Å²) in [5.41, 5.74) is 0.898. The Hall–Kier alpha value is -0.890. The number of thiol groups is 1. The van der Waals surface area contributed by atoms with Gasteiger partial charge in [-0.2, -0.15) is 0 Å². The third kappa shape index (κ3) is 5.55. The fourth-order valence-electron chi connectivity index (χ4n) is 0.509. The molecular weight excluding hydrogens is 156 g/mol. The summed E-state index contributed by atoms with van der Waals surface area (Å²) in [6.45, 7) is 12.6. The molecule has 0 aromatic heterocycles. The number of rotatable bonds is 4. The molecule has 0 rings (SSSR count). The van der Waals surface area contributed by atoms with Crippen molar-refractivity contribution in [2.75, 3.05) is 0 Å². The lowest BCUT2D eigenvalue weighted by atomic mass is 10.3. The van der Waals surface area contributed by atoms with Gasteiger partial charge in [0.05, 0.1) is 0 Å². The van der Waals surface area contributed by atoms with E-state index >= 15 is 0 Å². The Balaban J connectivity index is 4.28. The van der Waals surface area contributed by atoms with Gasteiger partial charge in [-0.15, -0.1) is 12.6 Å². The highest BCUT2D eigenvalue weighted by Crippen LogP contribution is 2.10. The zero-order valence-electron chi connectivity index (χ0n) is 6.63. The van der Waals surface area contributed by atoms with Crippen LogP contribution in [0.3, 0.4) is 0 Å². The van der Waals surface area contributed by atoms with Crippen LogP contribution in [0.5, 0.6) is 0 Å². The van der Waals surface area contributed by atoms with Crippen LogP contribution in [0, 0.1) is 0 Å². The average molecular weight is 168 g/mol. The molecular formula is C9H12OS. The average Bonchev–Trinajstić information content (AvgIpc) is 1.84. The molecule has 0 unspecified atom stereocenters. The standard InChI is InChI=1S/C9H12OS/c1-5-9(6-7(2)3)10-8(4)11/h5-6,11H,1-2,4H2,3H3/b9-6+. The molecule has 0 saturated carbocycles. The van der Waals surface area contributed by atoms with Crippen LogP contribution in [0.25, 0.3) is 0 Å². The van der Waals surface area contributed by atoms with E-state index in [9.17, 15) is 0 Å². The SMILES string of the molecule is C=C/C(=C\C(=C)C)OC(=C)S. The molecule has 0 bridgehead atoms. The van der Waals surface area contributed by atoms with Gasteiger partial charge in [-0.3, -0.25) is 0 Å². The maximum Gasteiger partial charge on any atom is 0.150 e. The molecule has 1 nitrogen and oxygen atoms in total. The van der Waals surface area contributed by atoms with Gasteiger partial charge in [0.2, 0.25) is 0 Å². The topological polar surface area (TPSA) is 9.23 Å². The third-order valence-corrected chi connectivity index (χ3v) is 0.917. The molecule has 0 aromatic carbocycles. The largest absolute Gasteiger partial charge is 0.451 e. The first-order valence-electron chi connectivity index (χ1n) is 3.11.